The molecule has 6 rings (SSSR count). The number of aryl methyl sites for hydroxylation is 1. The number of Topliss-reactive ketones (excluding diaryl/α,β-unsaturated/α-hetero) is 1. The van der Waals surface area contributed by atoms with Crippen molar-refractivity contribution in [1.29, 1.82) is 0 Å². The molecular weight excluding hydrogens is 358 g/mol. The maximum absolute atomic E-state index is 12.3. The Hall–Kier alpha value is -2.17. The van der Waals surface area contributed by atoms with Crippen molar-refractivity contribution in [3.63, 3.8) is 0 Å². The minimum absolute atomic E-state index is 0.368. The fourth-order valence-electron chi connectivity index (χ4n) is 6.55. The van der Waals surface area contributed by atoms with Crippen LogP contribution in [0.2, 0.25) is 0 Å². The third-order valence-electron chi connectivity index (χ3n) is 7.82. The summed E-state index contributed by atoms with van der Waals surface area (Å²) in [6.45, 7) is 1.10. The van der Waals surface area contributed by atoms with Crippen molar-refractivity contribution in [3.8, 4) is 0 Å². The summed E-state index contributed by atoms with van der Waals surface area (Å²) >= 11 is 0. The number of piperidine rings is 1. The molecule has 2 saturated heterocycles. The number of anilines is 1. The smallest absolute Gasteiger partial charge is 0.172 e. The van der Waals surface area contributed by atoms with Gasteiger partial charge < -0.3 is 10.2 Å². The molecular formula is C25H30N3O+. The van der Waals surface area contributed by atoms with E-state index in [4.69, 9.17) is 0 Å². The van der Waals surface area contributed by atoms with Crippen molar-refractivity contribution >= 4 is 11.5 Å². The average Bonchev–Trinajstić information content (AvgIpc) is 3.02. The largest absolute Gasteiger partial charge is 0.369 e. The Bertz CT molecular complexity index is 925. The van der Waals surface area contributed by atoms with E-state index in [1.54, 1.807) is 4.90 Å². The van der Waals surface area contributed by atoms with Crippen LogP contribution < -0.4 is 10.2 Å². The SMILES string of the molecule is O=C1CC2CCC(C1)[NH+]2C1c2ccccc2CCN1C1CCc2ccccc2N1. The summed E-state index contributed by atoms with van der Waals surface area (Å²) in [6, 6.07) is 18.8. The van der Waals surface area contributed by atoms with Crippen LogP contribution in [0.3, 0.4) is 0 Å². The van der Waals surface area contributed by atoms with Gasteiger partial charge in [0.2, 0.25) is 0 Å². The number of ketones is 1. The third kappa shape index (κ3) is 2.92. The summed E-state index contributed by atoms with van der Waals surface area (Å²) in [6.07, 6.45) is 8.11. The Morgan fingerprint density at radius 1 is 0.862 bits per heavy atom. The predicted molar refractivity (Wildman–Crippen MR) is 114 cm³/mol. The van der Waals surface area contributed by atoms with Gasteiger partial charge in [-0.25, -0.2) is 4.90 Å². The van der Waals surface area contributed by atoms with Gasteiger partial charge in [0.15, 0.2) is 6.17 Å². The highest BCUT2D eigenvalue weighted by Gasteiger charge is 2.51. The third-order valence-corrected chi connectivity index (χ3v) is 7.82. The fraction of sp³-hybridized carbons (Fsp3) is 0.480. The lowest BCUT2D eigenvalue weighted by Gasteiger charge is -2.48. The number of nitrogens with zero attached hydrogens (tertiary/aromatic N) is 1. The van der Waals surface area contributed by atoms with E-state index in [1.165, 1.54) is 35.2 Å². The minimum atomic E-state index is 0.368. The first-order valence-corrected chi connectivity index (χ1v) is 11.3. The maximum Gasteiger partial charge on any atom is 0.172 e. The van der Waals surface area contributed by atoms with Crippen LogP contribution in [0.25, 0.3) is 0 Å². The van der Waals surface area contributed by atoms with Crippen LogP contribution in [0.15, 0.2) is 48.5 Å². The standard InChI is InChI=1S/C25H29N3O/c29-21-15-19-10-11-20(16-21)28(19)25-22-7-3-1-5-17(22)13-14-27(25)24-12-9-18-6-2-4-8-23(18)26-24/h1-8,19-20,24-26H,9-16H2/p+1. The van der Waals surface area contributed by atoms with Gasteiger partial charge in [-0.15, -0.1) is 0 Å². The molecule has 29 heavy (non-hydrogen) atoms. The number of carbonyl (C=O) groups excluding carboxylic acids is 1. The molecule has 4 aliphatic heterocycles. The zero-order valence-electron chi connectivity index (χ0n) is 16.9. The molecule has 4 heteroatoms. The molecule has 150 valence electrons. The molecule has 4 unspecified atom stereocenters. The molecule has 2 bridgehead atoms. The van der Waals surface area contributed by atoms with Crippen LogP contribution in [0, 0.1) is 0 Å². The second-order valence-corrected chi connectivity index (χ2v) is 9.36. The molecule has 4 nitrogen and oxygen atoms in total. The topological polar surface area (TPSA) is 36.8 Å². The maximum atomic E-state index is 12.3. The lowest BCUT2D eigenvalue weighted by molar-refractivity contribution is -0.979. The number of hydrogen-bond acceptors (Lipinski definition) is 3. The number of benzene rings is 2. The van der Waals surface area contributed by atoms with Crippen LogP contribution in [-0.2, 0) is 17.6 Å². The predicted octanol–water partition coefficient (Wildman–Crippen LogP) is 2.71. The molecule has 4 aliphatic rings. The van der Waals surface area contributed by atoms with Crippen molar-refractivity contribution in [1.82, 2.24) is 4.90 Å². The van der Waals surface area contributed by atoms with E-state index < -0.39 is 0 Å². The highest BCUT2D eigenvalue weighted by atomic mass is 16.1. The van der Waals surface area contributed by atoms with Crippen molar-refractivity contribution in [2.75, 3.05) is 11.9 Å². The van der Waals surface area contributed by atoms with Crippen LogP contribution in [0.1, 0.15) is 55.0 Å². The van der Waals surface area contributed by atoms with Gasteiger partial charge in [-0.05, 0) is 36.5 Å². The Morgan fingerprint density at radius 3 is 2.41 bits per heavy atom. The van der Waals surface area contributed by atoms with Gasteiger partial charge in [-0.1, -0.05) is 42.5 Å². The second-order valence-electron chi connectivity index (χ2n) is 9.36. The summed E-state index contributed by atoms with van der Waals surface area (Å²) in [5.41, 5.74) is 5.75. The fourth-order valence-corrected chi connectivity index (χ4v) is 6.55. The van der Waals surface area contributed by atoms with E-state index in [1.807, 2.05) is 0 Å². The lowest BCUT2D eigenvalue weighted by atomic mass is 9.90. The van der Waals surface area contributed by atoms with Crippen molar-refractivity contribution in [3.05, 3.63) is 65.2 Å². The van der Waals surface area contributed by atoms with Crippen molar-refractivity contribution in [2.45, 2.75) is 69.4 Å². The van der Waals surface area contributed by atoms with Crippen molar-refractivity contribution in [2.24, 2.45) is 0 Å². The highest BCUT2D eigenvalue weighted by molar-refractivity contribution is 5.80. The van der Waals surface area contributed by atoms with Gasteiger partial charge in [-0.3, -0.25) is 4.79 Å². The van der Waals surface area contributed by atoms with Gasteiger partial charge in [0.25, 0.3) is 0 Å². The van der Waals surface area contributed by atoms with E-state index in [9.17, 15) is 4.79 Å². The molecule has 2 fully saturated rings. The van der Waals surface area contributed by atoms with Gasteiger partial charge >= 0.3 is 0 Å². The number of hydrogen-bond donors (Lipinski definition) is 2. The van der Waals surface area contributed by atoms with Crippen molar-refractivity contribution < 1.29 is 9.69 Å². The lowest BCUT2D eigenvalue weighted by Crippen LogP contribution is -3.20. The highest BCUT2D eigenvalue weighted by Crippen LogP contribution is 2.35. The molecule has 0 spiro atoms. The Morgan fingerprint density at radius 2 is 1.59 bits per heavy atom. The second kappa shape index (κ2) is 6.96. The number of fused-ring (bicyclic) bond motifs is 4. The number of para-hydroxylation sites is 1. The molecule has 0 aromatic heterocycles. The molecule has 0 saturated carbocycles. The van der Waals surface area contributed by atoms with Gasteiger partial charge in [0.1, 0.15) is 5.78 Å². The summed E-state index contributed by atoms with van der Waals surface area (Å²) in [5.74, 6) is 0.488. The summed E-state index contributed by atoms with van der Waals surface area (Å²) < 4.78 is 0. The number of nitrogens with one attached hydrogen (secondary N) is 2. The summed E-state index contributed by atoms with van der Waals surface area (Å²) in [7, 11) is 0. The van der Waals surface area contributed by atoms with Gasteiger partial charge in [0.05, 0.1) is 31.1 Å². The quantitative estimate of drug-likeness (QED) is 0.831. The van der Waals surface area contributed by atoms with Gasteiger partial charge in [-0.2, -0.15) is 0 Å². The average molecular weight is 389 g/mol. The van der Waals surface area contributed by atoms with Crippen LogP contribution >= 0.6 is 0 Å². The Labute approximate surface area is 172 Å². The van der Waals surface area contributed by atoms with Crippen LogP contribution in [0.5, 0.6) is 0 Å². The molecule has 0 amide bonds. The van der Waals surface area contributed by atoms with E-state index in [-0.39, 0.29) is 0 Å². The van der Waals surface area contributed by atoms with E-state index in [0.717, 1.165) is 38.6 Å². The minimum Gasteiger partial charge on any atom is -0.369 e. The Kier molecular flexibility index (Phi) is 4.24. The zero-order valence-corrected chi connectivity index (χ0v) is 16.9. The number of quaternary nitrogens is 1. The zero-order chi connectivity index (χ0) is 19.4. The Balaban J connectivity index is 1.38. The monoisotopic (exact) mass is 388 g/mol. The molecule has 0 radical (unpaired) electrons. The molecule has 4 atom stereocenters. The molecule has 4 heterocycles. The summed E-state index contributed by atoms with van der Waals surface area (Å²) in [4.78, 5) is 16.7. The van der Waals surface area contributed by atoms with Crippen LogP contribution in [-0.4, -0.2) is 35.5 Å². The first kappa shape index (κ1) is 17.7. The normalized spacial score (nSPS) is 33.7. The van der Waals surface area contributed by atoms with E-state index >= 15 is 0 Å². The molecule has 2 aromatic carbocycles. The van der Waals surface area contributed by atoms with E-state index in [0.29, 0.717) is 30.2 Å². The van der Waals surface area contributed by atoms with E-state index in [2.05, 4.69) is 58.7 Å². The summed E-state index contributed by atoms with van der Waals surface area (Å²) in [5, 5.41) is 3.87. The molecule has 2 N–H and O–H groups in total. The number of rotatable bonds is 2. The first-order valence-electron chi connectivity index (χ1n) is 11.3. The van der Waals surface area contributed by atoms with Gasteiger partial charge in [0, 0.05) is 30.6 Å². The molecule has 2 aromatic rings. The molecule has 0 aliphatic carbocycles. The van der Waals surface area contributed by atoms with Crippen LogP contribution in [0.4, 0.5) is 5.69 Å². The number of carbonyl (C=O) groups is 1. The first-order chi connectivity index (χ1) is 14.3.